The fourth-order valence-electron chi connectivity index (χ4n) is 2.71. The third-order valence-electron chi connectivity index (χ3n) is 4.11. The average molecular weight is 341 g/mol. The van der Waals surface area contributed by atoms with E-state index in [1.807, 2.05) is 13.8 Å². The first-order valence-electron chi connectivity index (χ1n) is 8.92. The fourth-order valence-corrected chi connectivity index (χ4v) is 2.71. The Balaban J connectivity index is 2.24. The van der Waals surface area contributed by atoms with E-state index in [2.05, 4.69) is 10.6 Å². The van der Waals surface area contributed by atoms with Gasteiger partial charge < -0.3 is 20.6 Å². The van der Waals surface area contributed by atoms with Crippen LogP contribution in [0.5, 0.6) is 0 Å². The summed E-state index contributed by atoms with van der Waals surface area (Å²) in [5, 5.41) is 14.4. The lowest BCUT2D eigenvalue weighted by atomic mass is 9.97. The number of aliphatic carboxylic acids is 1. The van der Waals surface area contributed by atoms with Gasteiger partial charge in [-0.15, -0.1) is 0 Å². The number of carboxylic acid groups (broad SMARTS) is 1. The lowest BCUT2D eigenvalue weighted by Crippen LogP contribution is -2.49. The van der Waals surface area contributed by atoms with Crippen molar-refractivity contribution in [3.8, 4) is 0 Å². The predicted molar refractivity (Wildman–Crippen MR) is 91.6 cm³/mol. The molecule has 7 nitrogen and oxygen atoms in total. The fraction of sp³-hybridized carbons (Fsp3) is 0.824. The van der Waals surface area contributed by atoms with Crippen molar-refractivity contribution >= 4 is 17.9 Å². The van der Waals surface area contributed by atoms with Crippen LogP contribution in [0.4, 0.5) is 4.79 Å². The Labute approximate surface area is 144 Å². The molecule has 1 saturated heterocycles. The van der Waals surface area contributed by atoms with Crippen molar-refractivity contribution in [3.05, 3.63) is 0 Å². The Morgan fingerprint density at radius 1 is 1.17 bits per heavy atom. The number of nitrogens with one attached hydrogen (secondary N) is 2. The summed E-state index contributed by atoms with van der Waals surface area (Å²) in [6.45, 7) is 6.46. The zero-order valence-electron chi connectivity index (χ0n) is 14.8. The van der Waals surface area contributed by atoms with Crippen LogP contribution in [0.15, 0.2) is 0 Å². The molecular weight excluding hydrogens is 310 g/mol. The minimum atomic E-state index is -0.780. The maximum Gasteiger partial charge on any atom is 0.317 e. The number of nitrogens with zero attached hydrogens (tertiary/aromatic N) is 1. The second-order valence-corrected chi connectivity index (χ2v) is 6.86. The maximum atomic E-state index is 12.2. The summed E-state index contributed by atoms with van der Waals surface area (Å²) in [5.74, 6) is -0.534. The van der Waals surface area contributed by atoms with Crippen LogP contribution in [0, 0.1) is 11.8 Å². The highest BCUT2D eigenvalue weighted by Crippen LogP contribution is 2.16. The summed E-state index contributed by atoms with van der Waals surface area (Å²) in [7, 11) is 0. The summed E-state index contributed by atoms with van der Waals surface area (Å²) in [6.07, 6.45) is 4.03. The highest BCUT2D eigenvalue weighted by molar-refractivity contribution is 5.80. The number of carboxylic acids is 1. The standard InChI is InChI=1S/C17H31N3O4/c1-13(2)11-19-17(24)20-10-6-7-14(12-20)16(23)18-9-5-3-4-8-15(21)22/h13-14H,3-12H2,1-2H3,(H,18,23)(H,19,24)(H,21,22). The number of piperidine rings is 1. The van der Waals surface area contributed by atoms with Crippen molar-refractivity contribution < 1.29 is 19.5 Å². The van der Waals surface area contributed by atoms with E-state index in [9.17, 15) is 14.4 Å². The quantitative estimate of drug-likeness (QED) is 0.557. The molecule has 0 bridgehead atoms. The highest BCUT2D eigenvalue weighted by atomic mass is 16.4. The van der Waals surface area contributed by atoms with Gasteiger partial charge >= 0.3 is 12.0 Å². The van der Waals surface area contributed by atoms with Crippen LogP contribution in [0.2, 0.25) is 0 Å². The Morgan fingerprint density at radius 3 is 2.58 bits per heavy atom. The molecule has 0 aromatic rings. The second kappa shape index (κ2) is 10.9. The van der Waals surface area contributed by atoms with Gasteiger partial charge in [0.15, 0.2) is 0 Å². The first-order valence-corrected chi connectivity index (χ1v) is 8.92. The normalized spacial score (nSPS) is 17.6. The molecule has 1 heterocycles. The van der Waals surface area contributed by atoms with Crippen molar-refractivity contribution in [1.82, 2.24) is 15.5 Å². The van der Waals surface area contributed by atoms with E-state index in [1.165, 1.54) is 0 Å². The van der Waals surface area contributed by atoms with Crippen LogP contribution >= 0.6 is 0 Å². The molecule has 0 aromatic carbocycles. The summed E-state index contributed by atoms with van der Waals surface area (Å²) in [6, 6.07) is -0.0881. The van der Waals surface area contributed by atoms with Crippen LogP contribution in [0.3, 0.4) is 0 Å². The molecule has 1 aliphatic heterocycles. The van der Waals surface area contributed by atoms with E-state index in [0.29, 0.717) is 38.5 Å². The van der Waals surface area contributed by atoms with Gasteiger partial charge in [0, 0.05) is 32.6 Å². The van der Waals surface area contributed by atoms with E-state index in [1.54, 1.807) is 4.90 Å². The molecule has 0 saturated carbocycles. The molecule has 0 spiro atoms. The largest absolute Gasteiger partial charge is 0.481 e. The number of urea groups is 1. The van der Waals surface area contributed by atoms with Gasteiger partial charge in [0.1, 0.15) is 0 Å². The molecule has 0 aliphatic carbocycles. The van der Waals surface area contributed by atoms with Crippen LogP contribution in [0.25, 0.3) is 0 Å². The Bertz CT molecular complexity index is 426. The third-order valence-corrected chi connectivity index (χ3v) is 4.11. The molecular formula is C17H31N3O4. The van der Waals surface area contributed by atoms with Crippen LogP contribution in [-0.2, 0) is 9.59 Å². The smallest absolute Gasteiger partial charge is 0.317 e. The molecule has 24 heavy (non-hydrogen) atoms. The molecule has 1 aliphatic rings. The molecule has 138 valence electrons. The average Bonchev–Trinajstić information content (AvgIpc) is 2.55. The van der Waals surface area contributed by atoms with Crippen LogP contribution in [-0.4, -0.2) is 54.1 Å². The number of hydrogen-bond donors (Lipinski definition) is 3. The van der Waals surface area contributed by atoms with E-state index >= 15 is 0 Å². The van der Waals surface area contributed by atoms with Crippen LogP contribution in [0.1, 0.15) is 52.4 Å². The summed E-state index contributed by atoms with van der Waals surface area (Å²) >= 11 is 0. The minimum Gasteiger partial charge on any atom is -0.481 e. The number of rotatable bonds is 9. The van der Waals surface area contributed by atoms with Gasteiger partial charge in [0.05, 0.1) is 5.92 Å². The SMILES string of the molecule is CC(C)CNC(=O)N1CCCC(C(=O)NCCCCCC(=O)O)C1. The van der Waals surface area contributed by atoms with Crippen LogP contribution < -0.4 is 10.6 Å². The highest BCUT2D eigenvalue weighted by Gasteiger charge is 2.28. The van der Waals surface area contributed by atoms with Gasteiger partial charge in [0.2, 0.25) is 5.91 Å². The van der Waals surface area contributed by atoms with Gasteiger partial charge in [-0.3, -0.25) is 9.59 Å². The molecule has 3 N–H and O–H groups in total. The lowest BCUT2D eigenvalue weighted by molar-refractivity contribution is -0.137. The number of carbonyl (C=O) groups is 3. The maximum absolute atomic E-state index is 12.2. The minimum absolute atomic E-state index is 0.00501. The van der Waals surface area contributed by atoms with E-state index in [0.717, 1.165) is 25.7 Å². The van der Waals surface area contributed by atoms with Gasteiger partial charge in [0.25, 0.3) is 0 Å². The Morgan fingerprint density at radius 2 is 1.92 bits per heavy atom. The van der Waals surface area contributed by atoms with E-state index in [-0.39, 0.29) is 24.3 Å². The molecule has 1 rings (SSSR count). The monoisotopic (exact) mass is 341 g/mol. The molecule has 0 radical (unpaired) electrons. The molecule has 1 unspecified atom stereocenters. The molecule has 7 heteroatoms. The third kappa shape index (κ3) is 8.17. The van der Waals surface area contributed by atoms with Crippen molar-refractivity contribution in [2.24, 2.45) is 11.8 Å². The number of amides is 3. The van der Waals surface area contributed by atoms with Gasteiger partial charge in [-0.05, 0) is 31.6 Å². The topological polar surface area (TPSA) is 98.7 Å². The lowest BCUT2D eigenvalue weighted by Gasteiger charge is -2.32. The van der Waals surface area contributed by atoms with Crippen molar-refractivity contribution in [1.29, 1.82) is 0 Å². The van der Waals surface area contributed by atoms with E-state index in [4.69, 9.17) is 5.11 Å². The van der Waals surface area contributed by atoms with E-state index < -0.39 is 5.97 Å². The number of carbonyl (C=O) groups excluding carboxylic acids is 2. The Kier molecular flexibility index (Phi) is 9.19. The molecule has 3 amide bonds. The Hall–Kier alpha value is -1.79. The number of unbranched alkanes of at least 4 members (excludes halogenated alkanes) is 2. The molecule has 1 fully saturated rings. The van der Waals surface area contributed by atoms with Gasteiger partial charge in [-0.25, -0.2) is 4.79 Å². The first kappa shape index (κ1) is 20.3. The van der Waals surface area contributed by atoms with Gasteiger partial charge in [-0.1, -0.05) is 20.3 Å². The summed E-state index contributed by atoms with van der Waals surface area (Å²) in [4.78, 5) is 36.4. The first-order chi connectivity index (χ1) is 11.4. The predicted octanol–water partition coefficient (Wildman–Crippen LogP) is 1.83. The molecule has 1 atom stereocenters. The van der Waals surface area contributed by atoms with Crippen molar-refractivity contribution in [2.45, 2.75) is 52.4 Å². The number of likely N-dealkylation sites (tertiary alicyclic amines) is 1. The second-order valence-electron chi connectivity index (χ2n) is 6.86. The molecule has 0 aromatic heterocycles. The van der Waals surface area contributed by atoms with Gasteiger partial charge in [-0.2, -0.15) is 0 Å². The zero-order chi connectivity index (χ0) is 17.9. The zero-order valence-corrected chi connectivity index (χ0v) is 14.8. The summed E-state index contributed by atoms with van der Waals surface area (Å²) < 4.78 is 0. The number of hydrogen-bond acceptors (Lipinski definition) is 3. The van der Waals surface area contributed by atoms with Crippen molar-refractivity contribution in [2.75, 3.05) is 26.2 Å². The van der Waals surface area contributed by atoms with Crippen molar-refractivity contribution in [3.63, 3.8) is 0 Å². The summed E-state index contributed by atoms with van der Waals surface area (Å²) in [5.41, 5.74) is 0.